The average Bonchev–Trinajstić information content (AvgIpc) is 2.69. The third kappa shape index (κ3) is 79500. The SMILES string of the molecule is CC[S-].CC[S-].[C-]#[O+].[C-]#[O+].[C-]#[O+].[C-]#[O+].[C-]#[O+].[C-]#[O+].[C-]#[O+].[C-]#[O+].[Mn].[Mn]. The van der Waals surface area contributed by atoms with Gasteiger partial charge in [0, 0.05) is 34.1 Å². The molecule has 24 heavy (non-hydrogen) atoms. The Bertz CT molecular complexity index is 171. The van der Waals surface area contributed by atoms with Crippen LogP contribution in [0.15, 0.2) is 0 Å². The summed E-state index contributed by atoms with van der Waals surface area (Å²) in [7, 11) is 0. The molecule has 134 valence electrons. The molecule has 0 N–H and O–H groups in total. The summed E-state index contributed by atoms with van der Waals surface area (Å²) in [4.78, 5) is 0. The van der Waals surface area contributed by atoms with Crippen LogP contribution in [0.4, 0.5) is 0 Å². The van der Waals surface area contributed by atoms with Crippen LogP contribution >= 0.6 is 0 Å². The Labute approximate surface area is 174 Å². The van der Waals surface area contributed by atoms with Crippen LogP contribution in [0.5, 0.6) is 0 Å². The van der Waals surface area contributed by atoms with Gasteiger partial charge >= 0.3 is 90.4 Å². The average molecular weight is 456 g/mol. The zero-order valence-corrected chi connectivity index (χ0v) is 16.2. The Morgan fingerprint density at radius 2 is 0.417 bits per heavy atom. The molecule has 0 spiro atoms. The summed E-state index contributed by atoms with van der Waals surface area (Å²) < 4.78 is 60.0. The standard InChI is InChI=1S/2C2H6S.8CO.2Mn/c2*1-2-3;8*1-2;;/h2*3H,2H2,1H3;;;;;;;;;;/p-2. The van der Waals surface area contributed by atoms with Crippen LogP contribution in [0.25, 0.3) is 0 Å². The number of hydrogen-bond donors (Lipinski definition) is 0. The first-order valence-corrected chi connectivity index (χ1v) is 4.78. The molecule has 12 heteroatoms. The topological polar surface area (TPSA) is 159 Å². The van der Waals surface area contributed by atoms with Gasteiger partial charge in [-0.2, -0.15) is 11.5 Å². The summed E-state index contributed by atoms with van der Waals surface area (Å²) in [5.41, 5.74) is 0. The Balaban J connectivity index is -0.00000000665. The van der Waals surface area contributed by atoms with Gasteiger partial charge in [0.1, 0.15) is 0 Å². The summed E-state index contributed by atoms with van der Waals surface area (Å²) in [6.07, 6.45) is 0. The van der Waals surface area contributed by atoms with E-state index in [0.717, 1.165) is 11.5 Å². The number of rotatable bonds is 0. The summed E-state index contributed by atoms with van der Waals surface area (Å²) in [6.45, 7) is 39.9. The first kappa shape index (κ1) is 89.4. The smallest absolute Gasteiger partial charge is 0 e. The Kier molecular flexibility index (Phi) is 14400. The molecule has 0 aliphatic carbocycles. The second kappa shape index (κ2) is 3860. The molecule has 0 aromatic carbocycles. The van der Waals surface area contributed by atoms with Crippen molar-refractivity contribution >= 4 is 25.3 Å². The molecule has 0 bridgehead atoms. The van der Waals surface area contributed by atoms with Gasteiger partial charge in [0.25, 0.3) is 0 Å². The first-order chi connectivity index (χ1) is 10.8. The van der Waals surface area contributed by atoms with Gasteiger partial charge < -0.3 is 25.3 Å². The van der Waals surface area contributed by atoms with Crippen LogP contribution < -0.4 is 0 Å². The predicted octanol–water partition coefficient (Wildman–Crippen LogP) is 0.801. The molecule has 0 unspecified atom stereocenters. The van der Waals surface area contributed by atoms with Gasteiger partial charge in [-0.05, 0) is 0 Å². The second-order valence-corrected chi connectivity index (χ2v) is 1.73. The normalized spacial score (nSPS) is 2.17. The maximum atomic E-state index is 7.50. The molecule has 0 fully saturated rings. The van der Waals surface area contributed by atoms with Gasteiger partial charge in [0.05, 0.1) is 0 Å². The third-order valence-corrected chi connectivity index (χ3v) is 0. The van der Waals surface area contributed by atoms with Crippen molar-refractivity contribution in [3.05, 3.63) is 53.2 Å². The van der Waals surface area contributed by atoms with Crippen molar-refractivity contribution in [3.8, 4) is 0 Å². The quantitative estimate of drug-likeness (QED) is 0.229. The van der Waals surface area contributed by atoms with E-state index >= 15 is 0 Å². The largest absolute Gasteiger partial charge is 0 e. The monoisotopic (exact) mass is 456 g/mol. The molecule has 0 atom stereocenters. The van der Waals surface area contributed by atoms with Crippen LogP contribution in [0, 0.1) is 53.2 Å². The zero-order valence-electron chi connectivity index (χ0n) is 12.3. The molecule has 0 aromatic heterocycles. The van der Waals surface area contributed by atoms with Crippen LogP contribution in [-0.4, -0.2) is 11.5 Å². The fourth-order valence-electron chi connectivity index (χ4n) is 0. The van der Waals surface area contributed by atoms with Gasteiger partial charge in [-0.15, -0.1) is 0 Å². The molecule has 0 rings (SSSR count). The fraction of sp³-hybridized carbons (Fsp3) is 0.333. The summed E-state index contributed by atoms with van der Waals surface area (Å²) in [5, 5.41) is 0. The maximum absolute atomic E-state index is 7.50. The van der Waals surface area contributed by atoms with Crippen LogP contribution in [0.3, 0.4) is 0 Å². The van der Waals surface area contributed by atoms with E-state index in [1.165, 1.54) is 0 Å². The minimum atomic E-state index is 0. The summed E-state index contributed by atoms with van der Waals surface area (Å²) in [6, 6.07) is 0. The molecular formula is C12H10Mn2O8S2-2. The van der Waals surface area contributed by atoms with E-state index in [-0.39, 0.29) is 34.1 Å². The van der Waals surface area contributed by atoms with Gasteiger partial charge in [-0.1, -0.05) is 13.8 Å². The van der Waals surface area contributed by atoms with Crippen molar-refractivity contribution in [3.63, 3.8) is 0 Å². The van der Waals surface area contributed by atoms with E-state index in [2.05, 4.69) is 78.5 Å². The van der Waals surface area contributed by atoms with E-state index < -0.39 is 0 Å². The van der Waals surface area contributed by atoms with E-state index in [9.17, 15) is 0 Å². The van der Waals surface area contributed by atoms with Crippen molar-refractivity contribution in [2.24, 2.45) is 0 Å². The molecule has 8 nitrogen and oxygen atoms in total. The minimum Gasteiger partial charge on any atom is 0 e. The van der Waals surface area contributed by atoms with Gasteiger partial charge in [-0.3, -0.25) is 0 Å². The molecule has 0 amide bonds. The van der Waals surface area contributed by atoms with Gasteiger partial charge in [0.2, 0.25) is 0 Å². The Morgan fingerprint density at radius 1 is 0.417 bits per heavy atom. The molecule has 0 saturated heterocycles. The van der Waals surface area contributed by atoms with Crippen molar-refractivity contribution < 1.29 is 71.4 Å². The van der Waals surface area contributed by atoms with Gasteiger partial charge in [0.15, 0.2) is 0 Å². The second-order valence-electron chi connectivity index (χ2n) is 0.577. The minimum absolute atomic E-state index is 0. The molecule has 0 heterocycles. The van der Waals surface area contributed by atoms with Crippen LogP contribution in [-0.2, 0) is 96.6 Å². The predicted molar refractivity (Wildman–Crippen MR) is 67.2 cm³/mol. The van der Waals surface area contributed by atoms with Crippen molar-refractivity contribution in [1.29, 1.82) is 0 Å². The van der Waals surface area contributed by atoms with Crippen molar-refractivity contribution in [1.82, 2.24) is 0 Å². The molecule has 2 radical (unpaired) electrons. The van der Waals surface area contributed by atoms with Crippen molar-refractivity contribution in [2.45, 2.75) is 13.8 Å². The molecule has 0 saturated carbocycles. The third-order valence-electron chi connectivity index (χ3n) is 0. The van der Waals surface area contributed by atoms with E-state index in [1.54, 1.807) is 0 Å². The maximum Gasteiger partial charge on any atom is 0 e. The van der Waals surface area contributed by atoms with Crippen molar-refractivity contribution in [2.75, 3.05) is 11.5 Å². The van der Waals surface area contributed by atoms with E-state index in [4.69, 9.17) is 37.2 Å². The summed E-state index contributed by atoms with van der Waals surface area (Å²) >= 11 is 8.79. The molecular weight excluding hydrogens is 446 g/mol. The van der Waals surface area contributed by atoms with E-state index in [0.29, 0.717) is 0 Å². The van der Waals surface area contributed by atoms with Gasteiger partial charge in [-0.25, -0.2) is 0 Å². The zero-order chi connectivity index (χ0) is 21.4. The molecule has 0 aromatic rings. The number of hydrogen-bond acceptors (Lipinski definition) is 2. The summed E-state index contributed by atoms with van der Waals surface area (Å²) in [5.74, 6) is 1.67. The fourth-order valence-corrected chi connectivity index (χ4v) is 0. The Morgan fingerprint density at radius 3 is 0.417 bits per heavy atom. The first-order valence-electron chi connectivity index (χ1n) is 3.62. The van der Waals surface area contributed by atoms with Crippen LogP contribution in [0.2, 0.25) is 0 Å². The molecule has 0 aliphatic rings. The molecule has 0 aliphatic heterocycles. The Hall–Kier alpha value is -0.341. The van der Waals surface area contributed by atoms with E-state index in [1.807, 2.05) is 13.8 Å². The van der Waals surface area contributed by atoms with Crippen LogP contribution in [0.1, 0.15) is 13.8 Å².